The van der Waals surface area contributed by atoms with E-state index >= 15 is 0 Å². The van der Waals surface area contributed by atoms with Gasteiger partial charge < -0.3 is 5.32 Å². The smallest absolute Gasteiger partial charge is 0.349 e. The summed E-state index contributed by atoms with van der Waals surface area (Å²) in [7, 11) is 1.28. The number of hydrogen-bond acceptors (Lipinski definition) is 3. The van der Waals surface area contributed by atoms with E-state index in [0.29, 0.717) is 17.6 Å². The molecule has 0 fully saturated rings. The van der Waals surface area contributed by atoms with Gasteiger partial charge in [-0.05, 0) is 0 Å². The number of nitrogens with zero attached hydrogens (tertiary/aromatic N) is 4. The molecule has 0 unspecified atom stereocenters. The molecule has 0 saturated carbocycles. The van der Waals surface area contributed by atoms with Crippen LogP contribution in [0.3, 0.4) is 0 Å². The van der Waals surface area contributed by atoms with Crippen molar-refractivity contribution in [3.8, 4) is 0 Å². The minimum atomic E-state index is -4.58. The van der Waals surface area contributed by atoms with Crippen molar-refractivity contribution < 1.29 is 18.0 Å². The summed E-state index contributed by atoms with van der Waals surface area (Å²) in [6.07, 6.45) is -1.57. The number of carbonyl (C=O) groups is 1. The Bertz CT molecular complexity index is 649. The van der Waals surface area contributed by atoms with Crippen molar-refractivity contribution in [1.82, 2.24) is 24.9 Å². The van der Waals surface area contributed by atoms with E-state index in [-0.39, 0.29) is 12.2 Å². The molecule has 0 atom stereocenters. The largest absolute Gasteiger partial charge is 0.435 e. The highest BCUT2D eigenvalue weighted by Gasteiger charge is 2.35. The minimum Gasteiger partial charge on any atom is -0.349 e. The maximum absolute atomic E-state index is 12.5. The van der Waals surface area contributed by atoms with Crippen LogP contribution in [0.15, 0.2) is 18.5 Å². The van der Waals surface area contributed by atoms with E-state index in [1.165, 1.54) is 17.9 Å². The lowest BCUT2D eigenvalue weighted by molar-refractivity contribution is -0.141. The van der Waals surface area contributed by atoms with Crippen LogP contribution in [0.5, 0.6) is 0 Å². The molecule has 0 aromatic carbocycles. The van der Waals surface area contributed by atoms with E-state index in [4.69, 9.17) is 11.6 Å². The van der Waals surface area contributed by atoms with E-state index in [1.54, 1.807) is 6.20 Å². The highest BCUT2D eigenvalue weighted by atomic mass is 35.5. The molecular weight excluding hydrogens is 311 g/mol. The quantitative estimate of drug-likeness (QED) is 0.932. The Kier molecular flexibility index (Phi) is 4.21. The Hall–Kier alpha value is -2.03. The topological polar surface area (TPSA) is 64.7 Å². The fourth-order valence-electron chi connectivity index (χ4n) is 1.65. The number of rotatable bonds is 4. The van der Waals surface area contributed by atoms with Crippen molar-refractivity contribution in [1.29, 1.82) is 0 Å². The lowest BCUT2D eigenvalue weighted by Gasteiger charge is -2.05. The molecule has 0 spiro atoms. The van der Waals surface area contributed by atoms with E-state index in [2.05, 4.69) is 15.5 Å². The number of halogens is 4. The Labute approximate surface area is 122 Å². The second kappa shape index (κ2) is 5.76. The third-order valence-corrected chi connectivity index (χ3v) is 2.83. The molecule has 2 aromatic heterocycles. The average Bonchev–Trinajstić information content (AvgIpc) is 2.95. The van der Waals surface area contributed by atoms with Gasteiger partial charge in [0.15, 0.2) is 5.69 Å². The maximum Gasteiger partial charge on any atom is 0.435 e. The average molecular weight is 322 g/mol. The van der Waals surface area contributed by atoms with E-state index in [0.717, 1.165) is 4.68 Å². The monoisotopic (exact) mass is 321 g/mol. The standard InChI is InChI=1S/C11H11ClF3N5O/c1-19-8(4-9(18-19)11(13,14)15)10(21)16-2-3-20-6-7(12)5-17-20/h4-6H,2-3H2,1H3,(H,16,21). The maximum atomic E-state index is 12.5. The van der Waals surface area contributed by atoms with Crippen molar-refractivity contribution in [3.05, 3.63) is 34.9 Å². The lowest BCUT2D eigenvalue weighted by atomic mass is 10.3. The van der Waals surface area contributed by atoms with Crippen molar-refractivity contribution in [3.63, 3.8) is 0 Å². The molecule has 114 valence electrons. The summed E-state index contributed by atoms with van der Waals surface area (Å²) in [5.41, 5.74) is -1.27. The van der Waals surface area contributed by atoms with Gasteiger partial charge in [-0.25, -0.2) is 0 Å². The van der Waals surface area contributed by atoms with Crippen LogP contribution in [0.1, 0.15) is 16.2 Å². The summed E-state index contributed by atoms with van der Waals surface area (Å²) in [6, 6.07) is 0.708. The van der Waals surface area contributed by atoms with E-state index in [1.807, 2.05) is 0 Å². The normalized spacial score (nSPS) is 11.7. The van der Waals surface area contributed by atoms with E-state index < -0.39 is 17.8 Å². The Morgan fingerprint density at radius 2 is 2.19 bits per heavy atom. The lowest BCUT2D eigenvalue weighted by Crippen LogP contribution is -2.29. The van der Waals surface area contributed by atoms with Gasteiger partial charge in [0, 0.05) is 25.9 Å². The number of aryl methyl sites for hydroxylation is 1. The highest BCUT2D eigenvalue weighted by Crippen LogP contribution is 2.28. The van der Waals surface area contributed by atoms with Gasteiger partial charge in [-0.2, -0.15) is 23.4 Å². The Morgan fingerprint density at radius 1 is 1.48 bits per heavy atom. The number of amides is 1. The van der Waals surface area contributed by atoms with Gasteiger partial charge in [0.2, 0.25) is 0 Å². The van der Waals surface area contributed by atoms with Gasteiger partial charge in [0.25, 0.3) is 5.91 Å². The molecule has 10 heteroatoms. The van der Waals surface area contributed by atoms with Crippen molar-refractivity contribution in [2.75, 3.05) is 6.54 Å². The predicted octanol–water partition coefficient (Wildman–Crippen LogP) is 1.72. The molecule has 0 saturated heterocycles. The first-order chi connectivity index (χ1) is 9.77. The fraction of sp³-hybridized carbons (Fsp3) is 0.364. The predicted molar refractivity (Wildman–Crippen MR) is 67.8 cm³/mol. The van der Waals surface area contributed by atoms with Crippen LogP contribution in [-0.4, -0.2) is 32.0 Å². The molecule has 1 amide bonds. The van der Waals surface area contributed by atoms with Gasteiger partial charge in [0.05, 0.1) is 17.8 Å². The van der Waals surface area contributed by atoms with Crippen LogP contribution in [0, 0.1) is 0 Å². The minimum absolute atomic E-state index is 0.166. The number of aromatic nitrogens is 4. The summed E-state index contributed by atoms with van der Waals surface area (Å²) in [5, 5.41) is 10.1. The molecular formula is C11H11ClF3N5O. The van der Waals surface area contributed by atoms with Crippen LogP contribution in [0.2, 0.25) is 5.02 Å². The van der Waals surface area contributed by atoms with Gasteiger partial charge in [-0.1, -0.05) is 11.6 Å². The van der Waals surface area contributed by atoms with Crippen molar-refractivity contribution in [2.45, 2.75) is 12.7 Å². The molecule has 0 aliphatic carbocycles. The molecule has 0 radical (unpaired) electrons. The summed E-state index contributed by atoms with van der Waals surface area (Å²) in [6.45, 7) is 0.547. The third-order valence-electron chi connectivity index (χ3n) is 2.63. The molecule has 0 aliphatic heterocycles. The second-order valence-corrected chi connectivity index (χ2v) is 4.65. The first kappa shape index (κ1) is 15.4. The number of alkyl halides is 3. The van der Waals surface area contributed by atoms with Gasteiger partial charge in [-0.3, -0.25) is 14.2 Å². The molecule has 1 N–H and O–H groups in total. The van der Waals surface area contributed by atoms with Gasteiger partial charge in [0.1, 0.15) is 5.69 Å². The summed E-state index contributed by atoms with van der Waals surface area (Å²) in [4.78, 5) is 11.8. The summed E-state index contributed by atoms with van der Waals surface area (Å²) >= 11 is 5.68. The fourth-order valence-corrected chi connectivity index (χ4v) is 1.81. The number of nitrogens with one attached hydrogen (secondary N) is 1. The molecule has 2 rings (SSSR count). The first-order valence-corrected chi connectivity index (χ1v) is 6.22. The molecule has 2 heterocycles. The molecule has 0 bridgehead atoms. The number of carbonyl (C=O) groups excluding carboxylic acids is 1. The first-order valence-electron chi connectivity index (χ1n) is 5.85. The van der Waals surface area contributed by atoms with Crippen molar-refractivity contribution in [2.24, 2.45) is 7.05 Å². The summed E-state index contributed by atoms with van der Waals surface area (Å²) < 4.78 is 39.9. The van der Waals surface area contributed by atoms with Crippen LogP contribution in [0.25, 0.3) is 0 Å². The van der Waals surface area contributed by atoms with Crippen LogP contribution >= 0.6 is 11.6 Å². The highest BCUT2D eigenvalue weighted by molar-refractivity contribution is 6.30. The zero-order valence-electron chi connectivity index (χ0n) is 10.9. The molecule has 6 nitrogen and oxygen atoms in total. The van der Waals surface area contributed by atoms with Crippen LogP contribution < -0.4 is 5.32 Å². The summed E-state index contributed by atoms with van der Waals surface area (Å²) in [5.74, 6) is -0.640. The zero-order valence-corrected chi connectivity index (χ0v) is 11.6. The molecule has 21 heavy (non-hydrogen) atoms. The second-order valence-electron chi connectivity index (χ2n) is 4.21. The zero-order chi connectivity index (χ0) is 15.6. The Morgan fingerprint density at radius 3 is 2.71 bits per heavy atom. The van der Waals surface area contributed by atoms with Crippen molar-refractivity contribution >= 4 is 17.5 Å². The van der Waals surface area contributed by atoms with Crippen LogP contribution in [0.4, 0.5) is 13.2 Å². The number of hydrogen-bond donors (Lipinski definition) is 1. The molecule has 2 aromatic rings. The van der Waals surface area contributed by atoms with E-state index in [9.17, 15) is 18.0 Å². The SMILES string of the molecule is Cn1nc(C(F)(F)F)cc1C(=O)NCCn1cc(Cl)cn1. The molecule has 0 aliphatic rings. The van der Waals surface area contributed by atoms with Gasteiger partial charge >= 0.3 is 6.18 Å². The van der Waals surface area contributed by atoms with Crippen LogP contribution in [-0.2, 0) is 19.8 Å². The van der Waals surface area contributed by atoms with Gasteiger partial charge in [-0.15, -0.1) is 0 Å². The Balaban J connectivity index is 1.96. The third kappa shape index (κ3) is 3.75.